The molecule has 16 heavy (non-hydrogen) atoms. The summed E-state index contributed by atoms with van der Waals surface area (Å²) in [5, 5.41) is 0. The SMILES string of the molecule is CN1CC2(CCCC2)c2c(ccn2C)C1=O. The quantitative estimate of drug-likeness (QED) is 0.653. The maximum absolute atomic E-state index is 12.1. The molecule has 3 nitrogen and oxygen atoms in total. The monoisotopic (exact) mass is 218 g/mol. The molecule has 1 aromatic heterocycles. The van der Waals surface area contributed by atoms with E-state index in [1.807, 2.05) is 24.2 Å². The Morgan fingerprint density at radius 1 is 1.25 bits per heavy atom. The third-order valence-electron chi connectivity index (χ3n) is 4.25. The van der Waals surface area contributed by atoms with Crippen LogP contribution in [0.15, 0.2) is 12.3 Å². The molecule has 3 rings (SSSR count). The standard InChI is InChI=1S/C13H18N2O/c1-14-8-5-10-11(14)13(6-3-4-7-13)9-15(2)12(10)16/h5,8H,3-4,6-7,9H2,1-2H3. The Balaban J connectivity index is 2.19. The summed E-state index contributed by atoms with van der Waals surface area (Å²) in [6.45, 7) is 0.899. The van der Waals surface area contributed by atoms with E-state index in [2.05, 4.69) is 11.6 Å². The third kappa shape index (κ3) is 1.11. The molecule has 0 aromatic carbocycles. The van der Waals surface area contributed by atoms with Gasteiger partial charge in [-0.25, -0.2) is 0 Å². The zero-order valence-electron chi connectivity index (χ0n) is 9.99. The molecule has 1 aliphatic heterocycles. The van der Waals surface area contributed by atoms with E-state index < -0.39 is 0 Å². The van der Waals surface area contributed by atoms with E-state index in [0.29, 0.717) is 0 Å². The fourth-order valence-corrected chi connectivity index (χ4v) is 3.62. The van der Waals surface area contributed by atoms with Crippen LogP contribution in [0.3, 0.4) is 0 Å². The van der Waals surface area contributed by atoms with Gasteiger partial charge in [-0.1, -0.05) is 12.8 Å². The first kappa shape index (κ1) is 9.94. The minimum Gasteiger partial charge on any atom is -0.353 e. The van der Waals surface area contributed by atoms with Crippen LogP contribution in [-0.4, -0.2) is 29.0 Å². The Morgan fingerprint density at radius 2 is 1.94 bits per heavy atom. The van der Waals surface area contributed by atoms with Crippen molar-refractivity contribution in [1.82, 2.24) is 9.47 Å². The first-order valence-corrected chi connectivity index (χ1v) is 6.05. The van der Waals surface area contributed by atoms with E-state index in [-0.39, 0.29) is 11.3 Å². The Labute approximate surface area is 96.0 Å². The molecule has 3 heteroatoms. The second-order valence-electron chi connectivity index (χ2n) is 5.34. The highest BCUT2D eigenvalue weighted by atomic mass is 16.2. The average molecular weight is 218 g/mol. The van der Waals surface area contributed by atoms with Gasteiger partial charge in [0.05, 0.1) is 5.56 Å². The van der Waals surface area contributed by atoms with Gasteiger partial charge in [0, 0.05) is 37.9 Å². The van der Waals surface area contributed by atoms with Gasteiger partial charge in [0.15, 0.2) is 0 Å². The summed E-state index contributed by atoms with van der Waals surface area (Å²) in [5.41, 5.74) is 2.46. The van der Waals surface area contributed by atoms with Gasteiger partial charge >= 0.3 is 0 Å². The van der Waals surface area contributed by atoms with Crippen molar-refractivity contribution in [3.8, 4) is 0 Å². The summed E-state index contributed by atoms with van der Waals surface area (Å²) in [7, 11) is 4.00. The Morgan fingerprint density at radius 3 is 2.62 bits per heavy atom. The maximum atomic E-state index is 12.1. The van der Waals surface area contributed by atoms with Gasteiger partial charge in [-0.2, -0.15) is 0 Å². The molecule has 1 aromatic rings. The second kappa shape index (κ2) is 3.12. The zero-order chi connectivity index (χ0) is 11.3. The van der Waals surface area contributed by atoms with Crippen molar-refractivity contribution in [2.75, 3.05) is 13.6 Å². The lowest BCUT2D eigenvalue weighted by atomic mass is 9.77. The number of likely N-dealkylation sites (N-methyl/N-ethyl adjacent to an activating group) is 1. The number of hydrogen-bond donors (Lipinski definition) is 0. The summed E-state index contributed by atoms with van der Waals surface area (Å²) in [5.74, 6) is 0.188. The van der Waals surface area contributed by atoms with Crippen LogP contribution in [-0.2, 0) is 12.5 Å². The number of carbonyl (C=O) groups excluding carboxylic acids is 1. The van der Waals surface area contributed by atoms with Crippen LogP contribution in [0.2, 0.25) is 0 Å². The van der Waals surface area contributed by atoms with Crippen molar-refractivity contribution in [2.45, 2.75) is 31.1 Å². The van der Waals surface area contributed by atoms with Gasteiger partial charge in [-0.15, -0.1) is 0 Å². The van der Waals surface area contributed by atoms with E-state index in [1.54, 1.807) is 0 Å². The number of aryl methyl sites for hydroxylation is 1. The molecule has 86 valence electrons. The van der Waals surface area contributed by atoms with E-state index in [1.165, 1.54) is 31.4 Å². The minimum atomic E-state index is 0.188. The van der Waals surface area contributed by atoms with Crippen molar-refractivity contribution in [1.29, 1.82) is 0 Å². The number of fused-ring (bicyclic) bond motifs is 2. The maximum Gasteiger partial charge on any atom is 0.255 e. The number of aromatic nitrogens is 1. The topological polar surface area (TPSA) is 25.2 Å². The van der Waals surface area contributed by atoms with Gasteiger partial charge in [0.25, 0.3) is 5.91 Å². The summed E-state index contributed by atoms with van der Waals surface area (Å²) in [4.78, 5) is 14.0. The predicted octanol–water partition coefficient (Wildman–Crippen LogP) is 1.92. The smallest absolute Gasteiger partial charge is 0.255 e. The van der Waals surface area contributed by atoms with Gasteiger partial charge < -0.3 is 9.47 Å². The minimum absolute atomic E-state index is 0.188. The molecule has 0 radical (unpaired) electrons. The molecule has 1 aliphatic carbocycles. The average Bonchev–Trinajstić information content (AvgIpc) is 2.83. The van der Waals surface area contributed by atoms with Crippen LogP contribution in [0.5, 0.6) is 0 Å². The molecule has 0 unspecified atom stereocenters. The number of hydrogen-bond acceptors (Lipinski definition) is 1. The molecule has 1 amide bonds. The lowest BCUT2D eigenvalue weighted by Crippen LogP contribution is -2.47. The van der Waals surface area contributed by atoms with Gasteiger partial charge in [-0.3, -0.25) is 4.79 Å². The van der Waals surface area contributed by atoms with E-state index in [0.717, 1.165) is 12.1 Å². The zero-order valence-corrected chi connectivity index (χ0v) is 9.99. The summed E-state index contributed by atoms with van der Waals surface area (Å²) >= 11 is 0. The fourth-order valence-electron chi connectivity index (χ4n) is 3.62. The Kier molecular flexibility index (Phi) is 1.94. The van der Waals surface area contributed by atoms with Crippen molar-refractivity contribution >= 4 is 5.91 Å². The van der Waals surface area contributed by atoms with Gasteiger partial charge in [-0.05, 0) is 18.9 Å². The van der Waals surface area contributed by atoms with Crippen LogP contribution in [0.4, 0.5) is 0 Å². The second-order valence-corrected chi connectivity index (χ2v) is 5.34. The molecule has 2 aliphatic rings. The lowest BCUT2D eigenvalue weighted by molar-refractivity contribution is 0.0718. The van der Waals surface area contributed by atoms with Crippen LogP contribution in [0.25, 0.3) is 0 Å². The Hall–Kier alpha value is -1.25. The molecule has 1 fully saturated rings. The van der Waals surface area contributed by atoms with Crippen molar-refractivity contribution in [2.24, 2.45) is 7.05 Å². The highest BCUT2D eigenvalue weighted by Gasteiger charge is 2.45. The highest BCUT2D eigenvalue weighted by Crippen LogP contribution is 2.45. The first-order chi connectivity index (χ1) is 7.64. The Bertz CT molecular complexity index is 441. The first-order valence-electron chi connectivity index (χ1n) is 6.05. The molecule has 1 spiro atoms. The normalized spacial score (nSPS) is 22.9. The van der Waals surface area contributed by atoms with Gasteiger partial charge in [0.2, 0.25) is 0 Å². The van der Waals surface area contributed by atoms with Crippen molar-refractivity contribution < 1.29 is 4.79 Å². The van der Waals surface area contributed by atoms with Crippen LogP contribution in [0.1, 0.15) is 41.7 Å². The third-order valence-corrected chi connectivity index (χ3v) is 4.25. The molecule has 0 bridgehead atoms. The number of rotatable bonds is 0. The van der Waals surface area contributed by atoms with Gasteiger partial charge in [0.1, 0.15) is 0 Å². The van der Waals surface area contributed by atoms with Crippen LogP contribution in [0, 0.1) is 0 Å². The van der Waals surface area contributed by atoms with E-state index >= 15 is 0 Å². The molecule has 0 atom stereocenters. The number of nitrogens with zero attached hydrogens (tertiary/aromatic N) is 2. The lowest BCUT2D eigenvalue weighted by Gasteiger charge is -2.39. The fraction of sp³-hybridized carbons (Fsp3) is 0.615. The molecule has 0 N–H and O–H groups in total. The van der Waals surface area contributed by atoms with E-state index in [9.17, 15) is 4.79 Å². The molecule has 1 saturated carbocycles. The largest absolute Gasteiger partial charge is 0.353 e. The molecule has 2 heterocycles. The summed E-state index contributed by atoms with van der Waals surface area (Å²) < 4.78 is 2.16. The molecule has 0 saturated heterocycles. The van der Waals surface area contributed by atoms with Crippen molar-refractivity contribution in [3.63, 3.8) is 0 Å². The molecular formula is C13H18N2O. The highest BCUT2D eigenvalue weighted by molar-refractivity contribution is 5.97. The van der Waals surface area contributed by atoms with Crippen LogP contribution < -0.4 is 0 Å². The van der Waals surface area contributed by atoms with E-state index in [4.69, 9.17) is 0 Å². The van der Waals surface area contributed by atoms with Crippen LogP contribution >= 0.6 is 0 Å². The summed E-state index contributed by atoms with van der Waals surface area (Å²) in [6.07, 6.45) is 7.09. The summed E-state index contributed by atoms with van der Waals surface area (Å²) in [6, 6.07) is 1.98. The molecular weight excluding hydrogens is 200 g/mol. The number of amides is 1. The van der Waals surface area contributed by atoms with Crippen molar-refractivity contribution in [3.05, 3.63) is 23.5 Å². The number of carbonyl (C=O) groups is 1. The predicted molar refractivity (Wildman–Crippen MR) is 62.5 cm³/mol.